The topological polar surface area (TPSA) is 0 Å². The van der Waals surface area contributed by atoms with Crippen LogP contribution in [0.2, 0.25) is 0 Å². The molecule has 0 aliphatic heterocycles. The predicted molar refractivity (Wildman–Crippen MR) is 223 cm³/mol. The Balaban J connectivity index is 0.985. The fourth-order valence-electron chi connectivity index (χ4n) is 8.42. The summed E-state index contributed by atoms with van der Waals surface area (Å²) in [5.41, 5.74) is 7.40. The van der Waals surface area contributed by atoms with E-state index in [1.807, 2.05) is 11.3 Å². The van der Waals surface area contributed by atoms with E-state index in [0.717, 1.165) is 0 Å². The summed E-state index contributed by atoms with van der Waals surface area (Å²) in [6, 6.07) is 67.4. The van der Waals surface area contributed by atoms with Crippen molar-refractivity contribution in [3.8, 4) is 33.4 Å². The molecule has 0 amide bonds. The Bertz CT molecular complexity index is 3160. The summed E-state index contributed by atoms with van der Waals surface area (Å²) in [6.45, 7) is 0. The molecular weight excluding hydrogens is 633 g/mol. The van der Waals surface area contributed by atoms with Gasteiger partial charge in [-0.2, -0.15) is 0 Å². The van der Waals surface area contributed by atoms with Gasteiger partial charge in [0.2, 0.25) is 0 Å². The van der Waals surface area contributed by atoms with Crippen molar-refractivity contribution in [2.75, 3.05) is 0 Å². The number of fused-ring (bicyclic) bond motifs is 14. The fraction of sp³-hybridized carbons (Fsp3) is 0. The SMILES string of the molecule is c1ccc2c(c1)sc1cc(-c3ccc(-c4ccc(-c5ccc6c(c5)c5ccccc5c5c7ccccc7c7ccccc7c65)cc4)cc3)ccc12. The second-order valence-electron chi connectivity index (χ2n) is 13.6. The van der Waals surface area contributed by atoms with E-state index in [-0.39, 0.29) is 0 Å². The van der Waals surface area contributed by atoms with Gasteiger partial charge in [0, 0.05) is 20.2 Å². The molecule has 11 aromatic rings. The highest BCUT2D eigenvalue weighted by atomic mass is 32.1. The monoisotopic (exact) mass is 662 g/mol. The summed E-state index contributed by atoms with van der Waals surface area (Å²) in [7, 11) is 0. The van der Waals surface area contributed by atoms with Crippen LogP contribution in [-0.2, 0) is 0 Å². The molecule has 1 heterocycles. The Kier molecular flexibility index (Phi) is 6.22. The number of thiophene rings is 1. The van der Waals surface area contributed by atoms with Crippen LogP contribution < -0.4 is 0 Å². The molecule has 0 saturated carbocycles. The maximum absolute atomic E-state index is 2.40. The van der Waals surface area contributed by atoms with Crippen LogP contribution in [-0.4, -0.2) is 0 Å². The number of hydrogen-bond acceptors (Lipinski definition) is 1. The molecule has 1 heteroatoms. The third-order valence-corrected chi connectivity index (χ3v) is 12.0. The molecule has 11 rings (SSSR count). The molecule has 0 N–H and O–H groups in total. The number of benzene rings is 10. The maximum atomic E-state index is 2.40. The molecule has 0 spiro atoms. The van der Waals surface area contributed by atoms with Crippen molar-refractivity contribution in [1.82, 2.24) is 0 Å². The van der Waals surface area contributed by atoms with E-state index in [2.05, 4.69) is 182 Å². The van der Waals surface area contributed by atoms with E-state index in [4.69, 9.17) is 0 Å². The molecule has 51 heavy (non-hydrogen) atoms. The van der Waals surface area contributed by atoms with Crippen LogP contribution in [0.5, 0.6) is 0 Å². The van der Waals surface area contributed by atoms with Gasteiger partial charge in [-0.3, -0.25) is 0 Å². The molecule has 0 bridgehead atoms. The third kappa shape index (κ3) is 4.39. The lowest BCUT2D eigenvalue weighted by atomic mass is 9.86. The quantitative estimate of drug-likeness (QED) is 0.165. The van der Waals surface area contributed by atoms with Gasteiger partial charge >= 0.3 is 0 Å². The molecule has 0 aliphatic carbocycles. The van der Waals surface area contributed by atoms with Gasteiger partial charge in [0.25, 0.3) is 0 Å². The molecule has 10 aromatic carbocycles. The zero-order chi connectivity index (χ0) is 33.5. The first-order valence-electron chi connectivity index (χ1n) is 17.6. The van der Waals surface area contributed by atoms with Gasteiger partial charge < -0.3 is 0 Å². The first-order chi connectivity index (χ1) is 25.3. The van der Waals surface area contributed by atoms with Crippen LogP contribution in [0.3, 0.4) is 0 Å². The average Bonchev–Trinajstić information content (AvgIpc) is 3.59. The van der Waals surface area contributed by atoms with Gasteiger partial charge in [0.05, 0.1) is 0 Å². The van der Waals surface area contributed by atoms with Gasteiger partial charge in [-0.15, -0.1) is 11.3 Å². The number of rotatable bonds is 3. The third-order valence-electron chi connectivity index (χ3n) is 10.9. The Labute approximate surface area is 299 Å². The standard InChI is InChI=1S/C50H30S/c1-4-13-42-37(9-1)38-10-2-5-14-43(38)50-45-28-26-35(29-46(45)39-11-3-6-15-44(39)49(42)50)33-21-17-31(18-22-33)32-19-23-34(24-20-32)36-25-27-41-40-12-7-8-16-47(40)51-48(41)30-36/h1-30H. The van der Waals surface area contributed by atoms with E-state index in [1.54, 1.807) is 0 Å². The maximum Gasteiger partial charge on any atom is 0.0361 e. The molecule has 1 aromatic heterocycles. The normalized spacial score (nSPS) is 11.9. The highest BCUT2D eigenvalue weighted by molar-refractivity contribution is 7.25. The second-order valence-corrected chi connectivity index (χ2v) is 14.7. The number of hydrogen-bond donors (Lipinski definition) is 0. The molecule has 0 nitrogen and oxygen atoms in total. The largest absolute Gasteiger partial charge is 0.135 e. The van der Waals surface area contributed by atoms with Crippen molar-refractivity contribution >= 4 is 85.4 Å². The minimum Gasteiger partial charge on any atom is -0.135 e. The Hall–Kier alpha value is -6.28. The summed E-state index contributed by atoms with van der Waals surface area (Å²) in [4.78, 5) is 0. The first kappa shape index (κ1) is 28.5. The fourth-order valence-corrected chi connectivity index (χ4v) is 9.56. The molecule has 0 saturated heterocycles. The van der Waals surface area contributed by atoms with Gasteiger partial charge in [0.15, 0.2) is 0 Å². The van der Waals surface area contributed by atoms with Crippen molar-refractivity contribution in [2.45, 2.75) is 0 Å². The van der Waals surface area contributed by atoms with Gasteiger partial charge in [0.1, 0.15) is 0 Å². The van der Waals surface area contributed by atoms with Crippen LogP contribution in [0, 0.1) is 0 Å². The Morgan fingerprint density at radius 1 is 0.216 bits per heavy atom. The summed E-state index contributed by atoms with van der Waals surface area (Å²) < 4.78 is 2.68. The van der Waals surface area contributed by atoms with Crippen LogP contribution >= 0.6 is 11.3 Å². The predicted octanol–water partition coefficient (Wildman–Crippen LogP) is 14.8. The van der Waals surface area contributed by atoms with E-state index >= 15 is 0 Å². The first-order valence-corrected chi connectivity index (χ1v) is 18.4. The molecule has 0 unspecified atom stereocenters. The smallest absolute Gasteiger partial charge is 0.0361 e. The summed E-state index contributed by atoms with van der Waals surface area (Å²) in [5, 5.41) is 15.8. The van der Waals surface area contributed by atoms with Gasteiger partial charge in [-0.1, -0.05) is 164 Å². The lowest BCUT2D eigenvalue weighted by molar-refractivity contribution is 1.59. The molecule has 0 radical (unpaired) electrons. The average molecular weight is 663 g/mol. The van der Waals surface area contributed by atoms with Crippen molar-refractivity contribution in [3.63, 3.8) is 0 Å². The lowest BCUT2D eigenvalue weighted by Crippen LogP contribution is -1.89. The summed E-state index contributed by atoms with van der Waals surface area (Å²) in [5.74, 6) is 0. The lowest BCUT2D eigenvalue weighted by Gasteiger charge is -2.17. The minimum atomic E-state index is 1.22. The van der Waals surface area contributed by atoms with Crippen molar-refractivity contribution < 1.29 is 0 Å². The van der Waals surface area contributed by atoms with Crippen molar-refractivity contribution in [1.29, 1.82) is 0 Å². The zero-order valence-corrected chi connectivity index (χ0v) is 28.5. The highest BCUT2D eigenvalue weighted by Gasteiger charge is 2.16. The van der Waals surface area contributed by atoms with Crippen LogP contribution in [0.4, 0.5) is 0 Å². The molecule has 0 fully saturated rings. The van der Waals surface area contributed by atoms with Gasteiger partial charge in [-0.05, 0) is 105 Å². The summed E-state index contributed by atoms with van der Waals surface area (Å²) in [6.07, 6.45) is 0. The van der Waals surface area contributed by atoms with Crippen LogP contribution in [0.15, 0.2) is 182 Å². The van der Waals surface area contributed by atoms with E-state index in [9.17, 15) is 0 Å². The summed E-state index contributed by atoms with van der Waals surface area (Å²) >= 11 is 1.87. The van der Waals surface area contributed by atoms with Crippen molar-refractivity contribution in [2.24, 2.45) is 0 Å². The Morgan fingerprint density at radius 3 is 1.08 bits per heavy atom. The minimum absolute atomic E-state index is 1.22. The van der Waals surface area contributed by atoms with Crippen molar-refractivity contribution in [3.05, 3.63) is 182 Å². The van der Waals surface area contributed by atoms with Crippen LogP contribution in [0.25, 0.3) is 107 Å². The molecule has 0 aliphatic rings. The second kappa shape index (κ2) is 11.1. The van der Waals surface area contributed by atoms with E-state index < -0.39 is 0 Å². The highest BCUT2D eigenvalue weighted by Crippen LogP contribution is 2.45. The molecular formula is C50H30S. The molecule has 0 atom stereocenters. The van der Waals surface area contributed by atoms with Gasteiger partial charge in [-0.25, -0.2) is 0 Å². The van der Waals surface area contributed by atoms with E-state index in [1.165, 1.54) is 107 Å². The zero-order valence-electron chi connectivity index (χ0n) is 27.7. The Morgan fingerprint density at radius 2 is 0.549 bits per heavy atom. The van der Waals surface area contributed by atoms with E-state index in [0.29, 0.717) is 0 Å². The van der Waals surface area contributed by atoms with Crippen LogP contribution in [0.1, 0.15) is 0 Å². The molecule has 236 valence electrons.